The molecule has 0 spiro atoms. The molecule has 0 aromatic heterocycles. The monoisotopic (exact) mass is 445 g/mol. The molecule has 0 saturated carbocycles. The maximum atomic E-state index is 13.2. The summed E-state index contributed by atoms with van der Waals surface area (Å²) in [6.07, 6.45) is 0. The molecule has 2 amide bonds. The van der Waals surface area contributed by atoms with Gasteiger partial charge in [-0.3, -0.25) is 14.9 Å². The number of anilines is 2. The molecule has 3 N–H and O–H groups in total. The lowest BCUT2D eigenvalue weighted by atomic mass is 10.2. The van der Waals surface area contributed by atoms with Crippen LogP contribution in [0.15, 0.2) is 66.7 Å². The smallest absolute Gasteiger partial charge is 0.257 e. The largest absolute Gasteiger partial charge is 0.332 e. The minimum Gasteiger partial charge on any atom is -0.332 e. The third-order valence-corrected chi connectivity index (χ3v) is 4.39. The van der Waals surface area contributed by atoms with Gasteiger partial charge in [0.05, 0.1) is 5.02 Å². The molecule has 0 bridgehead atoms. The van der Waals surface area contributed by atoms with Gasteiger partial charge in [0, 0.05) is 22.5 Å². The van der Waals surface area contributed by atoms with Gasteiger partial charge in [-0.2, -0.15) is 0 Å². The minimum absolute atomic E-state index is 0.00667. The third-order valence-electron chi connectivity index (χ3n) is 3.89. The zero-order valence-electron chi connectivity index (χ0n) is 15.2. The van der Waals surface area contributed by atoms with Gasteiger partial charge in [-0.05, 0) is 72.9 Å². The molecule has 0 aliphatic carbocycles. The molecule has 3 rings (SSSR count). The fourth-order valence-electron chi connectivity index (χ4n) is 2.45. The SMILES string of the molecule is O=C(NC(=S)Nc1cccc(C(=O)Nc2ccc(F)c(Cl)c2)c1)c1ccc(F)cc1. The summed E-state index contributed by atoms with van der Waals surface area (Å²) in [6.45, 7) is 0. The van der Waals surface area contributed by atoms with E-state index in [1.165, 1.54) is 42.5 Å². The molecule has 0 fully saturated rings. The average molecular weight is 446 g/mol. The quantitative estimate of drug-likeness (QED) is 0.494. The normalized spacial score (nSPS) is 10.2. The van der Waals surface area contributed by atoms with E-state index in [2.05, 4.69) is 16.0 Å². The molecule has 0 atom stereocenters. The highest BCUT2D eigenvalue weighted by Crippen LogP contribution is 2.20. The predicted molar refractivity (Wildman–Crippen MR) is 116 cm³/mol. The van der Waals surface area contributed by atoms with Crippen molar-refractivity contribution in [2.24, 2.45) is 0 Å². The molecule has 3 aromatic rings. The summed E-state index contributed by atoms with van der Waals surface area (Å²) >= 11 is 10.8. The molecule has 0 heterocycles. The summed E-state index contributed by atoms with van der Waals surface area (Å²) < 4.78 is 26.2. The number of nitrogens with one attached hydrogen (secondary N) is 3. The molecule has 152 valence electrons. The maximum absolute atomic E-state index is 13.2. The fourth-order valence-corrected chi connectivity index (χ4v) is 2.85. The second kappa shape index (κ2) is 9.43. The maximum Gasteiger partial charge on any atom is 0.257 e. The molecule has 0 saturated heterocycles. The first-order valence-electron chi connectivity index (χ1n) is 8.56. The van der Waals surface area contributed by atoms with Crippen LogP contribution in [-0.2, 0) is 0 Å². The van der Waals surface area contributed by atoms with Crippen LogP contribution in [-0.4, -0.2) is 16.9 Å². The van der Waals surface area contributed by atoms with Gasteiger partial charge in [0.1, 0.15) is 11.6 Å². The van der Waals surface area contributed by atoms with Gasteiger partial charge in [-0.25, -0.2) is 8.78 Å². The van der Waals surface area contributed by atoms with Crippen LogP contribution < -0.4 is 16.0 Å². The first-order valence-corrected chi connectivity index (χ1v) is 9.35. The number of hydrogen-bond donors (Lipinski definition) is 3. The third kappa shape index (κ3) is 5.59. The molecular weight excluding hydrogens is 432 g/mol. The summed E-state index contributed by atoms with van der Waals surface area (Å²) in [4.78, 5) is 24.6. The van der Waals surface area contributed by atoms with E-state index >= 15 is 0 Å². The molecule has 0 unspecified atom stereocenters. The van der Waals surface area contributed by atoms with Crippen LogP contribution in [0.4, 0.5) is 20.2 Å². The molecule has 30 heavy (non-hydrogen) atoms. The fraction of sp³-hybridized carbons (Fsp3) is 0. The Balaban J connectivity index is 1.63. The lowest BCUT2D eigenvalue weighted by Gasteiger charge is -2.11. The van der Waals surface area contributed by atoms with Crippen LogP contribution >= 0.6 is 23.8 Å². The van der Waals surface area contributed by atoms with Crippen LogP contribution in [0.2, 0.25) is 5.02 Å². The highest BCUT2D eigenvalue weighted by atomic mass is 35.5. The highest BCUT2D eigenvalue weighted by molar-refractivity contribution is 7.80. The first kappa shape index (κ1) is 21.4. The lowest BCUT2D eigenvalue weighted by Crippen LogP contribution is -2.34. The van der Waals surface area contributed by atoms with E-state index in [0.717, 1.165) is 6.07 Å². The van der Waals surface area contributed by atoms with Crippen LogP contribution in [0.25, 0.3) is 0 Å². The van der Waals surface area contributed by atoms with Gasteiger partial charge in [0.15, 0.2) is 5.11 Å². The number of benzene rings is 3. The van der Waals surface area contributed by atoms with Crippen molar-refractivity contribution in [3.05, 3.63) is 94.5 Å². The number of carbonyl (C=O) groups is 2. The van der Waals surface area contributed by atoms with Crippen LogP contribution in [0.1, 0.15) is 20.7 Å². The van der Waals surface area contributed by atoms with Gasteiger partial charge in [0.25, 0.3) is 11.8 Å². The second-order valence-electron chi connectivity index (χ2n) is 6.08. The Morgan fingerprint density at radius 2 is 1.50 bits per heavy atom. The van der Waals surface area contributed by atoms with Crippen LogP contribution in [0, 0.1) is 11.6 Å². The molecular formula is C21H14ClF2N3O2S. The Labute approximate surface area is 181 Å². The van der Waals surface area contributed by atoms with Crippen molar-refractivity contribution in [3.63, 3.8) is 0 Å². The zero-order valence-corrected chi connectivity index (χ0v) is 16.8. The van der Waals surface area contributed by atoms with E-state index in [1.54, 1.807) is 18.2 Å². The van der Waals surface area contributed by atoms with Crippen molar-refractivity contribution in [1.29, 1.82) is 0 Å². The van der Waals surface area contributed by atoms with Crippen molar-refractivity contribution in [2.75, 3.05) is 10.6 Å². The molecule has 3 aromatic carbocycles. The second-order valence-corrected chi connectivity index (χ2v) is 6.89. The Kier molecular flexibility index (Phi) is 6.71. The number of carbonyl (C=O) groups excluding carboxylic acids is 2. The van der Waals surface area contributed by atoms with E-state index in [0.29, 0.717) is 16.9 Å². The summed E-state index contributed by atoms with van der Waals surface area (Å²) in [7, 11) is 0. The highest BCUT2D eigenvalue weighted by Gasteiger charge is 2.11. The minimum atomic E-state index is -0.586. The summed E-state index contributed by atoms with van der Waals surface area (Å²) in [5.74, 6) is -1.99. The summed E-state index contributed by atoms with van der Waals surface area (Å²) in [5.41, 5.74) is 1.34. The molecule has 0 radical (unpaired) electrons. The van der Waals surface area contributed by atoms with Crippen molar-refractivity contribution in [1.82, 2.24) is 5.32 Å². The van der Waals surface area contributed by atoms with Crippen LogP contribution in [0.3, 0.4) is 0 Å². The van der Waals surface area contributed by atoms with Crippen molar-refractivity contribution >= 4 is 52.1 Å². The van der Waals surface area contributed by atoms with E-state index in [1.807, 2.05) is 0 Å². The zero-order chi connectivity index (χ0) is 21.7. The van der Waals surface area contributed by atoms with Gasteiger partial charge in [-0.15, -0.1) is 0 Å². The van der Waals surface area contributed by atoms with Crippen LogP contribution in [0.5, 0.6) is 0 Å². The van der Waals surface area contributed by atoms with E-state index in [9.17, 15) is 18.4 Å². The Bertz CT molecular complexity index is 1120. The Morgan fingerprint density at radius 1 is 0.800 bits per heavy atom. The predicted octanol–water partition coefficient (Wildman–Crippen LogP) is 5.00. The first-order chi connectivity index (χ1) is 14.3. The van der Waals surface area contributed by atoms with E-state index in [4.69, 9.17) is 23.8 Å². The van der Waals surface area contributed by atoms with Crippen molar-refractivity contribution in [3.8, 4) is 0 Å². The molecule has 5 nitrogen and oxygen atoms in total. The summed E-state index contributed by atoms with van der Waals surface area (Å²) in [5, 5.41) is 7.79. The summed E-state index contributed by atoms with van der Waals surface area (Å²) in [6, 6.07) is 15.2. The van der Waals surface area contributed by atoms with Crippen molar-refractivity contribution in [2.45, 2.75) is 0 Å². The number of thiocarbonyl (C=S) groups is 1. The molecule has 0 aliphatic heterocycles. The van der Waals surface area contributed by atoms with E-state index in [-0.39, 0.29) is 15.7 Å². The number of hydrogen-bond acceptors (Lipinski definition) is 3. The van der Waals surface area contributed by atoms with Gasteiger partial charge < -0.3 is 10.6 Å². The Hall–Kier alpha value is -3.36. The number of amides is 2. The Morgan fingerprint density at radius 3 is 2.20 bits per heavy atom. The van der Waals surface area contributed by atoms with Gasteiger partial charge in [-0.1, -0.05) is 17.7 Å². The molecule has 9 heteroatoms. The molecule has 0 aliphatic rings. The topological polar surface area (TPSA) is 70.2 Å². The van der Waals surface area contributed by atoms with Gasteiger partial charge >= 0.3 is 0 Å². The van der Waals surface area contributed by atoms with Gasteiger partial charge in [0.2, 0.25) is 0 Å². The standard InChI is InChI=1S/C21H14ClF2N3O2S/c22-17-11-16(8-9-18(17)24)25-20(29)13-2-1-3-15(10-13)26-21(30)27-19(28)12-4-6-14(23)7-5-12/h1-11H,(H,25,29)(H2,26,27,28,30). The van der Waals surface area contributed by atoms with E-state index < -0.39 is 23.4 Å². The average Bonchev–Trinajstić information content (AvgIpc) is 2.71. The van der Waals surface area contributed by atoms with Crippen molar-refractivity contribution < 1.29 is 18.4 Å². The number of rotatable bonds is 4. The lowest BCUT2D eigenvalue weighted by molar-refractivity contribution is 0.0976. The number of halogens is 3.